The highest BCUT2D eigenvalue weighted by atomic mass is 19.1. The Kier molecular flexibility index (Phi) is 5.88. The minimum atomic E-state index is -1.05. The lowest BCUT2D eigenvalue weighted by molar-refractivity contribution is -0.384. The quantitative estimate of drug-likeness (QED) is 0.288. The van der Waals surface area contributed by atoms with Crippen LogP contribution in [-0.2, 0) is 11.2 Å². The van der Waals surface area contributed by atoms with E-state index in [-0.39, 0.29) is 42.4 Å². The van der Waals surface area contributed by atoms with Crippen molar-refractivity contribution in [3.63, 3.8) is 0 Å². The average Bonchev–Trinajstić information content (AvgIpc) is 3.31. The summed E-state index contributed by atoms with van der Waals surface area (Å²) in [5, 5.41) is 29.7. The Hall–Kier alpha value is -3.42. The first-order valence-corrected chi connectivity index (χ1v) is 9.33. The molecule has 1 aromatic carbocycles. The number of imidazole rings is 1. The number of nitrogens with zero attached hydrogens (tertiary/aromatic N) is 5. The van der Waals surface area contributed by atoms with Gasteiger partial charge in [-0.25, -0.2) is 4.98 Å². The topological polar surface area (TPSA) is 155 Å². The summed E-state index contributed by atoms with van der Waals surface area (Å²) in [4.78, 5) is 27.2. The van der Waals surface area contributed by atoms with E-state index in [0.29, 0.717) is 6.42 Å². The number of fused-ring (bicyclic) bond motifs is 1. The van der Waals surface area contributed by atoms with Crippen molar-refractivity contribution in [2.24, 2.45) is 0 Å². The summed E-state index contributed by atoms with van der Waals surface area (Å²) in [7, 11) is 0. The molecule has 3 heterocycles. The zero-order chi connectivity index (χ0) is 22.0. The molecule has 3 aromatic rings. The summed E-state index contributed by atoms with van der Waals surface area (Å²) >= 11 is 0. The lowest BCUT2D eigenvalue weighted by Crippen LogP contribution is -2.26. The van der Waals surface area contributed by atoms with Gasteiger partial charge in [-0.05, 0) is 5.56 Å². The van der Waals surface area contributed by atoms with Crippen LogP contribution in [0.15, 0.2) is 30.6 Å². The number of rotatable bonds is 8. The first-order valence-electron chi connectivity index (χ1n) is 9.33. The van der Waals surface area contributed by atoms with E-state index in [1.54, 1.807) is 12.1 Å². The van der Waals surface area contributed by atoms with E-state index < -0.39 is 29.5 Å². The number of nitro groups is 1. The van der Waals surface area contributed by atoms with E-state index in [1.165, 1.54) is 18.5 Å². The van der Waals surface area contributed by atoms with Crippen molar-refractivity contribution in [1.82, 2.24) is 19.7 Å². The predicted octanol–water partition coefficient (Wildman–Crippen LogP) is 0.392. The van der Waals surface area contributed by atoms with E-state index in [4.69, 9.17) is 19.4 Å². The van der Waals surface area contributed by atoms with Gasteiger partial charge in [-0.1, -0.05) is 12.1 Å². The van der Waals surface area contributed by atoms with Crippen molar-refractivity contribution in [3.8, 4) is 5.88 Å². The number of aliphatic hydroxyl groups is 2. The molecule has 3 atom stereocenters. The molecule has 1 aliphatic heterocycles. The van der Waals surface area contributed by atoms with Crippen LogP contribution in [0, 0.1) is 16.2 Å². The number of nitro benzene ring substituents is 1. The van der Waals surface area contributed by atoms with E-state index >= 15 is 0 Å². The molecule has 12 nitrogen and oxygen atoms in total. The molecule has 0 saturated carbocycles. The van der Waals surface area contributed by atoms with Crippen molar-refractivity contribution in [1.29, 1.82) is 0 Å². The molecule has 4 rings (SSSR count). The molecule has 1 fully saturated rings. The van der Waals surface area contributed by atoms with E-state index in [0.717, 1.165) is 10.3 Å². The zero-order valence-corrected chi connectivity index (χ0v) is 16.0. The summed E-state index contributed by atoms with van der Waals surface area (Å²) < 4.78 is 26.0. The fourth-order valence-electron chi connectivity index (χ4n) is 3.11. The summed E-state index contributed by atoms with van der Waals surface area (Å²) in [5.41, 5.74) is 0.935. The number of halogens is 1. The molecule has 0 spiro atoms. The third-order valence-electron chi connectivity index (χ3n) is 4.68. The standard InChI is InChI=1S/C18H18FN5O7/c19-18-21-16-15(20-9-23(16)31-14-7-12(26)13(8-25)30-14)17(22-18)29-6-5-10-1-3-11(4-2-10)24(27)28/h1-4,9,12-14,25-26H,5-8H2/t12-,13+,14-/m0/s1. The Bertz CT molecular complexity index is 1080. The molecule has 1 saturated heterocycles. The van der Waals surface area contributed by atoms with Crippen molar-refractivity contribution >= 4 is 16.9 Å². The summed E-state index contributed by atoms with van der Waals surface area (Å²) in [6.45, 7) is -0.248. The van der Waals surface area contributed by atoms with Crippen LogP contribution >= 0.6 is 0 Å². The maximum atomic E-state index is 14.0. The van der Waals surface area contributed by atoms with Crippen molar-refractivity contribution in [2.75, 3.05) is 13.2 Å². The molecule has 1 aliphatic rings. The second-order valence-corrected chi connectivity index (χ2v) is 6.76. The molecule has 0 aliphatic carbocycles. The van der Waals surface area contributed by atoms with Gasteiger partial charge < -0.3 is 24.5 Å². The monoisotopic (exact) mass is 435 g/mol. The van der Waals surface area contributed by atoms with Gasteiger partial charge in [0.15, 0.2) is 5.52 Å². The van der Waals surface area contributed by atoms with Gasteiger partial charge in [-0.2, -0.15) is 14.4 Å². The minimum absolute atomic E-state index is 0.00312. The Morgan fingerprint density at radius 3 is 2.77 bits per heavy atom. The minimum Gasteiger partial charge on any atom is -0.476 e. The van der Waals surface area contributed by atoms with Crippen LogP contribution in [0.25, 0.3) is 11.2 Å². The third-order valence-corrected chi connectivity index (χ3v) is 4.68. The number of hydrogen-bond acceptors (Lipinski definition) is 10. The first-order chi connectivity index (χ1) is 14.9. The Morgan fingerprint density at radius 1 is 1.32 bits per heavy atom. The highest BCUT2D eigenvalue weighted by Gasteiger charge is 2.35. The molecule has 0 radical (unpaired) electrons. The Morgan fingerprint density at radius 2 is 2.10 bits per heavy atom. The molecular formula is C18H18FN5O7. The number of hydrogen-bond donors (Lipinski definition) is 2. The second-order valence-electron chi connectivity index (χ2n) is 6.76. The van der Waals surface area contributed by atoms with Gasteiger partial charge in [0.05, 0.1) is 24.2 Å². The summed E-state index contributed by atoms with van der Waals surface area (Å²) in [5.74, 6) is -0.0904. The van der Waals surface area contributed by atoms with Gasteiger partial charge in [0.2, 0.25) is 17.8 Å². The van der Waals surface area contributed by atoms with Gasteiger partial charge in [-0.3, -0.25) is 10.1 Å². The highest BCUT2D eigenvalue weighted by molar-refractivity contribution is 5.75. The van der Waals surface area contributed by atoms with Gasteiger partial charge in [-0.15, -0.1) is 4.73 Å². The van der Waals surface area contributed by atoms with Gasteiger partial charge >= 0.3 is 6.08 Å². The largest absolute Gasteiger partial charge is 0.476 e. The Balaban J connectivity index is 1.44. The van der Waals surface area contributed by atoms with Crippen LogP contribution in [0.1, 0.15) is 12.0 Å². The molecule has 0 bridgehead atoms. The van der Waals surface area contributed by atoms with Crippen LogP contribution in [0.3, 0.4) is 0 Å². The SMILES string of the molecule is O=[N+]([O-])c1ccc(CCOc2nc(F)nc3c2ncn3O[C@H]2C[C@H](O)[C@@H](CO)O2)cc1. The van der Waals surface area contributed by atoms with Gasteiger partial charge in [0, 0.05) is 25.0 Å². The normalized spacial score (nSPS) is 20.8. The molecule has 164 valence electrons. The molecule has 2 aromatic heterocycles. The van der Waals surface area contributed by atoms with Gasteiger partial charge in [0.1, 0.15) is 12.4 Å². The fraction of sp³-hybridized carbons (Fsp3) is 0.389. The molecule has 2 N–H and O–H groups in total. The van der Waals surface area contributed by atoms with Crippen LogP contribution in [-0.4, -0.2) is 66.5 Å². The van der Waals surface area contributed by atoms with Crippen LogP contribution in [0.5, 0.6) is 5.88 Å². The zero-order valence-electron chi connectivity index (χ0n) is 16.0. The lowest BCUT2D eigenvalue weighted by Gasteiger charge is -2.14. The van der Waals surface area contributed by atoms with E-state index in [2.05, 4.69) is 15.0 Å². The molecular weight excluding hydrogens is 417 g/mol. The van der Waals surface area contributed by atoms with E-state index in [1.807, 2.05) is 0 Å². The van der Waals surface area contributed by atoms with Crippen molar-refractivity contribution in [3.05, 3.63) is 52.3 Å². The predicted molar refractivity (Wildman–Crippen MR) is 101 cm³/mol. The molecule has 0 unspecified atom stereocenters. The van der Waals surface area contributed by atoms with E-state index in [9.17, 15) is 19.6 Å². The summed E-state index contributed by atoms with van der Waals surface area (Å²) in [6.07, 6.45) is -1.85. The van der Waals surface area contributed by atoms with Crippen molar-refractivity contribution < 1.29 is 33.8 Å². The van der Waals surface area contributed by atoms with Gasteiger partial charge in [0.25, 0.3) is 5.69 Å². The highest BCUT2D eigenvalue weighted by Crippen LogP contribution is 2.23. The number of aliphatic hydroxyl groups excluding tert-OH is 2. The Labute approximate surface area is 173 Å². The maximum absolute atomic E-state index is 14.0. The van der Waals surface area contributed by atoms with Crippen LogP contribution in [0.4, 0.5) is 10.1 Å². The van der Waals surface area contributed by atoms with Crippen LogP contribution < -0.4 is 9.57 Å². The smallest absolute Gasteiger partial charge is 0.314 e. The molecule has 0 amide bonds. The number of ether oxygens (including phenoxy) is 2. The van der Waals surface area contributed by atoms with Crippen LogP contribution in [0.2, 0.25) is 0 Å². The lowest BCUT2D eigenvalue weighted by atomic mass is 10.1. The number of non-ortho nitro benzene ring substituents is 1. The number of aromatic nitrogens is 4. The average molecular weight is 435 g/mol. The first kappa shape index (κ1) is 20.8. The number of benzene rings is 1. The fourth-order valence-corrected chi connectivity index (χ4v) is 3.11. The van der Waals surface area contributed by atoms with Crippen molar-refractivity contribution in [2.45, 2.75) is 31.3 Å². The molecule has 13 heteroatoms. The third kappa shape index (κ3) is 4.52. The second kappa shape index (κ2) is 8.75. The summed E-state index contributed by atoms with van der Waals surface area (Å²) in [6, 6.07) is 5.99. The maximum Gasteiger partial charge on any atom is 0.314 e. The molecule has 31 heavy (non-hydrogen) atoms.